The van der Waals surface area contributed by atoms with E-state index in [4.69, 9.17) is 18.9 Å². The topological polar surface area (TPSA) is 83.1 Å². The van der Waals surface area contributed by atoms with Crippen LogP contribution in [-0.2, 0) is 20.7 Å². The molecule has 1 heterocycles. The van der Waals surface area contributed by atoms with Crippen LogP contribution >= 0.6 is 0 Å². The predicted octanol–water partition coefficient (Wildman–Crippen LogP) is 3.28. The molecule has 3 rings (SSSR count). The molecule has 2 aromatic rings. The van der Waals surface area contributed by atoms with E-state index in [1.807, 2.05) is 39.0 Å². The second-order valence-electron chi connectivity index (χ2n) is 7.48. The van der Waals surface area contributed by atoms with Gasteiger partial charge in [0.15, 0.2) is 24.7 Å². The van der Waals surface area contributed by atoms with Crippen molar-refractivity contribution in [2.75, 3.05) is 25.6 Å². The molecule has 1 N–H and O–H groups in total. The fourth-order valence-electron chi connectivity index (χ4n) is 3.13. The van der Waals surface area contributed by atoms with E-state index < -0.39 is 18.5 Å². The van der Waals surface area contributed by atoms with Gasteiger partial charge in [0.05, 0.1) is 12.8 Å². The number of fused-ring (bicyclic) bond motifs is 1. The molecule has 0 spiro atoms. The Morgan fingerprint density at radius 3 is 2.69 bits per heavy atom. The summed E-state index contributed by atoms with van der Waals surface area (Å²) in [5.41, 5.74) is 2.21. The van der Waals surface area contributed by atoms with Gasteiger partial charge in [-0.05, 0) is 44.5 Å². The van der Waals surface area contributed by atoms with Crippen molar-refractivity contribution in [2.45, 2.75) is 32.8 Å². The summed E-state index contributed by atoms with van der Waals surface area (Å²) in [6, 6.07) is 11.0. The number of nitrogens with one attached hydrogen (secondary N) is 1. The Labute approximate surface area is 169 Å². The highest BCUT2D eigenvalue weighted by Crippen LogP contribution is 2.41. The van der Waals surface area contributed by atoms with Crippen LogP contribution in [0.2, 0.25) is 0 Å². The first-order valence-electron chi connectivity index (χ1n) is 9.31. The summed E-state index contributed by atoms with van der Waals surface area (Å²) in [6.07, 6.45) is 0.770. The van der Waals surface area contributed by atoms with Gasteiger partial charge in [-0.25, -0.2) is 4.79 Å². The van der Waals surface area contributed by atoms with E-state index in [-0.39, 0.29) is 12.2 Å². The fourth-order valence-corrected chi connectivity index (χ4v) is 3.13. The highest BCUT2D eigenvalue weighted by molar-refractivity contribution is 5.94. The summed E-state index contributed by atoms with van der Waals surface area (Å²) >= 11 is 0. The Hall–Kier alpha value is -3.22. The monoisotopic (exact) mass is 399 g/mol. The first-order chi connectivity index (χ1) is 13.8. The Bertz CT molecular complexity index is 922. The zero-order valence-electron chi connectivity index (χ0n) is 17.0. The number of hydrogen-bond donors (Lipinski definition) is 1. The third-order valence-corrected chi connectivity index (χ3v) is 4.39. The molecular weight excluding hydrogens is 374 g/mol. The van der Waals surface area contributed by atoms with Crippen LogP contribution < -0.4 is 19.5 Å². The smallest absolute Gasteiger partial charge is 0.344 e. The van der Waals surface area contributed by atoms with E-state index in [2.05, 4.69) is 5.32 Å². The number of amides is 1. The van der Waals surface area contributed by atoms with Crippen molar-refractivity contribution < 1.29 is 28.5 Å². The number of aryl methyl sites for hydroxylation is 1. The van der Waals surface area contributed by atoms with Gasteiger partial charge in [-0.2, -0.15) is 0 Å². The van der Waals surface area contributed by atoms with E-state index in [1.165, 1.54) is 7.11 Å². The van der Waals surface area contributed by atoms with Crippen molar-refractivity contribution in [1.29, 1.82) is 0 Å². The van der Waals surface area contributed by atoms with Crippen molar-refractivity contribution in [3.8, 4) is 17.2 Å². The lowest BCUT2D eigenvalue weighted by atomic mass is 10.0. The largest absolute Gasteiger partial charge is 0.495 e. The van der Waals surface area contributed by atoms with Crippen molar-refractivity contribution >= 4 is 17.6 Å². The molecule has 0 unspecified atom stereocenters. The van der Waals surface area contributed by atoms with Crippen molar-refractivity contribution in [3.05, 3.63) is 47.5 Å². The number of anilines is 1. The summed E-state index contributed by atoms with van der Waals surface area (Å²) in [5.74, 6) is 0.548. The van der Waals surface area contributed by atoms with Gasteiger partial charge in [0.1, 0.15) is 11.4 Å². The van der Waals surface area contributed by atoms with Crippen LogP contribution in [-0.4, -0.2) is 37.8 Å². The molecule has 7 heteroatoms. The molecule has 29 heavy (non-hydrogen) atoms. The maximum absolute atomic E-state index is 12.1. The number of ether oxygens (including phenoxy) is 4. The lowest BCUT2D eigenvalue weighted by Crippen LogP contribution is -2.25. The Morgan fingerprint density at radius 2 is 1.93 bits per heavy atom. The van der Waals surface area contributed by atoms with E-state index in [1.54, 1.807) is 18.2 Å². The highest BCUT2D eigenvalue weighted by Gasteiger charge is 2.32. The molecule has 0 aromatic heterocycles. The maximum Gasteiger partial charge on any atom is 0.344 e. The molecule has 0 saturated heterocycles. The molecule has 1 amide bonds. The summed E-state index contributed by atoms with van der Waals surface area (Å²) in [6.45, 7) is 5.15. The summed E-state index contributed by atoms with van der Waals surface area (Å²) in [7, 11) is 1.52. The predicted molar refractivity (Wildman–Crippen MR) is 108 cm³/mol. The van der Waals surface area contributed by atoms with Gasteiger partial charge in [-0.1, -0.05) is 18.2 Å². The average molecular weight is 399 g/mol. The van der Waals surface area contributed by atoms with Crippen LogP contribution in [0.15, 0.2) is 36.4 Å². The summed E-state index contributed by atoms with van der Waals surface area (Å²) < 4.78 is 21.7. The maximum atomic E-state index is 12.1. The molecule has 2 aromatic carbocycles. The lowest BCUT2D eigenvalue weighted by molar-refractivity contribution is -0.149. The summed E-state index contributed by atoms with van der Waals surface area (Å²) in [4.78, 5) is 24.1. The van der Waals surface area contributed by atoms with Gasteiger partial charge in [0.25, 0.3) is 5.91 Å². The second kappa shape index (κ2) is 8.43. The number of benzene rings is 2. The molecule has 0 radical (unpaired) electrons. The third-order valence-electron chi connectivity index (χ3n) is 4.39. The molecule has 1 aliphatic rings. The van der Waals surface area contributed by atoms with E-state index in [0.717, 1.165) is 17.5 Å². The Morgan fingerprint density at radius 1 is 1.14 bits per heavy atom. The minimum atomic E-state index is -0.647. The number of methoxy groups -OCH3 is 1. The number of carbonyl (C=O) groups excluding carboxylic acids is 2. The van der Waals surface area contributed by atoms with Gasteiger partial charge < -0.3 is 24.3 Å². The number of carbonyl (C=O) groups is 2. The van der Waals surface area contributed by atoms with Crippen LogP contribution in [0.1, 0.15) is 25.0 Å². The molecule has 1 aliphatic heterocycles. The number of para-hydroxylation sites is 1. The molecule has 7 nitrogen and oxygen atoms in total. The number of hydrogen-bond acceptors (Lipinski definition) is 6. The SMILES string of the molecule is COc1ccc(C)cc1NC(=O)COC(=O)COc1cccc2c1OC(C)(C)C2. The van der Waals surface area contributed by atoms with Gasteiger partial charge in [0, 0.05) is 12.0 Å². The van der Waals surface area contributed by atoms with Gasteiger partial charge in [0.2, 0.25) is 0 Å². The van der Waals surface area contributed by atoms with Crippen molar-refractivity contribution in [2.24, 2.45) is 0 Å². The molecule has 0 atom stereocenters. The van der Waals surface area contributed by atoms with Crippen LogP contribution in [0.4, 0.5) is 5.69 Å². The van der Waals surface area contributed by atoms with Crippen LogP contribution in [0, 0.1) is 6.92 Å². The quantitative estimate of drug-likeness (QED) is 0.720. The van der Waals surface area contributed by atoms with E-state index in [0.29, 0.717) is 22.9 Å². The zero-order valence-corrected chi connectivity index (χ0v) is 17.0. The molecule has 0 saturated carbocycles. The Balaban J connectivity index is 1.50. The van der Waals surface area contributed by atoms with Crippen LogP contribution in [0.5, 0.6) is 17.2 Å². The zero-order chi connectivity index (χ0) is 21.0. The Kier molecular flexibility index (Phi) is 5.96. The van der Waals surface area contributed by atoms with Gasteiger partial charge >= 0.3 is 5.97 Å². The fraction of sp³-hybridized carbons (Fsp3) is 0.364. The number of esters is 1. The highest BCUT2D eigenvalue weighted by atomic mass is 16.6. The minimum Gasteiger partial charge on any atom is -0.495 e. The van der Waals surface area contributed by atoms with Crippen molar-refractivity contribution in [1.82, 2.24) is 0 Å². The average Bonchev–Trinajstić information content (AvgIpc) is 2.99. The van der Waals surface area contributed by atoms with Crippen LogP contribution in [0.3, 0.4) is 0 Å². The molecular formula is C22H25NO6. The molecule has 0 aliphatic carbocycles. The third kappa shape index (κ3) is 5.19. The molecule has 0 fully saturated rings. The molecule has 0 bridgehead atoms. The van der Waals surface area contributed by atoms with Gasteiger partial charge in [-0.15, -0.1) is 0 Å². The molecule has 154 valence electrons. The number of rotatable bonds is 7. The van der Waals surface area contributed by atoms with Crippen LogP contribution in [0.25, 0.3) is 0 Å². The normalized spacial score (nSPS) is 13.8. The standard InChI is InChI=1S/C22H25NO6/c1-14-8-9-17(26-4)16(10-14)23-19(24)12-28-20(25)13-27-18-7-5-6-15-11-22(2,3)29-21(15)18/h5-10H,11-13H2,1-4H3,(H,23,24). The second-order valence-corrected chi connectivity index (χ2v) is 7.48. The lowest BCUT2D eigenvalue weighted by Gasteiger charge is -2.18. The van der Waals surface area contributed by atoms with Crippen molar-refractivity contribution in [3.63, 3.8) is 0 Å². The first kappa shape index (κ1) is 20.5. The first-order valence-corrected chi connectivity index (χ1v) is 9.31. The van der Waals surface area contributed by atoms with Gasteiger partial charge in [-0.3, -0.25) is 4.79 Å². The minimum absolute atomic E-state index is 0.308. The summed E-state index contributed by atoms with van der Waals surface area (Å²) in [5, 5.41) is 2.67. The van der Waals surface area contributed by atoms with E-state index in [9.17, 15) is 9.59 Å². The van der Waals surface area contributed by atoms with E-state index >= 15 is 0 Å².